The second-order valence-corrected chi connectivity index (χ2v) is 4.07. The molecule has 0 radical (unpaired) electrons. The summed E-state index contributed by atoms with van der Waals surface area (Å²) in [5.74, 6) is 2.08. The molecule has 0 bridgehead atoms. The molecule has 88 valence electrons. The Labute approximate surface area is 96.0 Å². The van der Waals surface area contributed by atoms with Crippen LogP contribution in [0.5, 0.6) is 5.88 Å². The first-order chi connectivity index (χ1) is 7.79. The van der Waals surface area contributed by atoms with Crippen molar-refractivity contribution in [3.05, 3.63) is 18.2 Å². The summed E-state index contributed by atoms with van der Waals surface area (Å²) in [6.07, 6.45) is 1.47. The van der Waals surface area contributed by atoms with E-state index >= 15 is 0 Å². The van der Waals surface area contributed by atoms with Crippen LogP contribution in [0.3, 0.4) is 0 Å². The van der Waals surface area contributed by atoms with Crippen LogP contribution in [0.1, 0.15) is 13.3 Å². The minimum absolute atomic E-state index is 0.345. The standard InChI is InChI=1S/C12H18N2O2/c1-9-10(6-7-16-9)8-13-11-4-3-5-12(14-11)15-2/h3-5,9-10H,6-8H2,1-2H3,(H,13,14). The van der Waals surface area contributed by atoms with Crippen LogP contribution in [-0.4, -0.2) is 31.3 Å². The van der Waals surface area contributed by atoms with E-state index < -0.39 is 0 Å². The number of methoxy groups -OCH3 is 1. The van der Waals surface area contributed by atoms with Crippen molar-refractivity contribution in [2.75, 3.05) is 25.6 Å². The maximum Gasteiger partial charge on any atom is 0.214 e. The fourth-order valence-electron chi connectivity index (χ4n) is 1.91. The van der Waals surface area contributed by atoms with Crippen LogP contribution in [0, 0.1) is 5.92 Å². The number of anilines is 1. The smallest absolute Gasteiger partial charge is 0.214 e. The van der Waals surface area contributed by atoms with Crippen molar-refractivity contribution in [1.29, 1.82) is 0 Å². The quantitative estimate of drug-likeness (QED) is 0.845. The van der Waals surface area contributed by atoms with E-state index in [4.69, 9.17) is 9.47 Å². The van der Waals surface area contributed by atoms with Gasteiger partial charge >= 0.3 is 0 Å². The minimum Gasteiger partial charge on any atom is -0.481 e. The monoisotopic (exact) mass is 222 g/mol. The molecule has 1 saturated heterocycles. The topological polar surface area (TPSA) is 43.4 Å². The van der Waals surface area contributed by atoms with Crippen LogP contribution >= 0.6 is 0 Å². The van der Waals surface area contributed by atoms with Gasteiger partial charge < -0.3 is 14.8 Å². The fourth-order valence-corrected chi connectivity index (χ4v) is 1.91. The minimum atomic E-state index is 0.345. The predicted molar refractivity (Wildman–Crippen MR) is 62.8 cm³/mol. The van der Waals surface area contributed by atoms with E-state index in [9.17, 15) is 0 Å². The van der Waals surface area contributed by atoms with E-state index in [2.05, 4.69) is 17.2 Å². The summed E-state index contributed by atoms with van der Waals surface area (Å²) in [5.41, 5.74) is 0. The zero-order chi connectivity index (χ0) is 11.4. The normalized spacial score (nSPS) is 24.4. The molecule has 2 atom stereocenters. The number of ether oxygens (including phenoxy) is 2. The van der Waals surface area contributed by atoms with Gasteiger partial charge in [-0.05, 0) is 19.4 Å². The Balaban J connectivity index is 1.88. The Morgan fingerprint density at radius 3 is 3.12 bits per heavy atom. The lowest BCUT2D eigenvalue weighted by atomic mass is 10.0. The van der Waals surface area contributed by atoms with Crippen molar-refractivity contribution >= 4 is 5.82 Å². The Morgan fingerprint density at radius 2 is 2.44 bits per heavy atom. The van der Waals surface area contributed by atoms with Crippen LogP contribution in [0.15, 0.2) is 18.2 Å². The molecule has 2 rings (SSSR count). The van der Waals surface area contributed by atoms with Gasteiger partial charge in [-0.2, -0.15) is 4.98 Å². The molecule has 1 aliphatic heterocycles. The second-order valence-electron chi connectivity index (χ2n) is 4.07. The molecule has 4 heteroatoms. The van der Waals surface area contributed by atoms with Gasteiger partial charge in [0.05, 0.1) is 13.2 Å². The average molecular weight is 222 g/mol. The molecule has 1 aromatic heterocycles. The van der Waals surface area contributed by atoms with Crippen molar-refractivity contribution in [2.24, 2.45) is 5.92 Å². The lowest BCUT2D eigenvalue weighted by Crippen LogP contribution is -2.21. The molecule has 0 amide bonds. The Morgan fingerprint density at radius 1 is 1.56 bits per heavy atom. The predicted octanol–water partition coefficient (Wildman–Crippen LogP) is 1.93. The summed E-state index contributed by atoms with van der Waals surface area (Å²) in [6.45, 7) is 3.90. The lowest BCUT2D eigenvalue weighted by molar-refractivity contribution is 0.108. The third-order valence-electron chi connectivity index (χ3n) is 3.01. The molecule has 0 spiro atoms. The Hall–Kier alpha value is -1.29. The van der Waals surface area contributed by atoms with Gasteiger partial charge in [-0.25, -0.2) is 0 Å². The van der Waals surface area contributed by atoms with E-state index in [0.29, 0.717) is 17.9 Å². The van der Waals surface area contributed by atoms with E-state index in [1.165, 1.54) is 0 Å². The molecule has 1 aromatic rings. The average Bonchev–Trinajstić information content (AvgIpc) is 2.72. The first-order valence-electron chi connectivity index (χ1n) is 5.66. The Bertz CT molecular complexity index is 344. The molecular formula is C12H18N2O2. The number of rotatable bonds is 4. The maximum atomic E-state index is 5.51. The molecule has 0 saturated carbocycles. The summed E-state index contributed by atoms with van der Waals surface area (Å²) in [6, 6.07) is 5.72. The molecule has 1 fully saturated rings. The van der Waals surface area contributed by atoms with Gasteiger partial charge in [0, 0.05) is 25.1 Å². The number of nitrogens with one attached hydrogen (secondary N) is 1. The molecule has 1 N–H and O–H groups in total. The van der Waals surface area contributed by atoms with Gasteiger partial charge in [0.1, 0.15) is 5.82 Å². The summed E-state index contributed by atoms with van der Waals surface area (Å²) >= 11 is 0. The van der Waals surface area contributed by atoms with Crippen LogP contribution in [-0.2, 0) is 4.74 Å². The highest BCUT2D eigenvalue weighted by Gasteiger charge is 2.23. The molecule has 2 unspecified atom stereocenters. The van der Waals surface area contributed by atoms with Crippen LogP contribution in [0.25, 0.3) is 0 Å². The highest BCUT2D eigenvalue weighted by atomic mass is 16.5. The number of hydrogen-bond donors (Lipinski definition) is 1. The SMILES string of the molecule is COc1cccc(NCC2CCOC2C)n1. The van der Waals surface area contributed by atoms with Crippen molar-refractivity contribution in [1.82, 2.24) is 4.98 Å². The van der Waals surface area contributed by atoms with E-state index in [1.54, 1.807) is 7.11 Å². The van der Waals surface area contributed by atoms with E-state index in [1.807, 2.05) is 18.2 Å². The van der Waals surface area contributed by atoms with Crippen molar-refractivity contribution in [2.45, 2.75) is 19.4 Å². The zero-order valence-electron chi connectivity index (χ0n) is 9.77. The number of aromatic nitrogens is 1. The summed E-state index contributed by atoms with van der Waals surface area (Å²) in [5, 5.41) is 3.32. The van der Waals surface area contributed by atoms with E-state index in [-0.39, 0.29) is 0 Å². The van der Waals surface area contributed by atoms with Crippen LogP contribution in [0.4, 0.5) is 5.82 Å². The lowest BCUT2D eigenvalue weighted by Gasteiger charge is -2.15. The largest absolute Gasteiger partial charge is 0.481 e. The van der Waals surface area contributed by atoms with Gasteiger partial charge in [0.2, 0.25) is 5.88 Å². The van der Waals surface area contributed by atoms with Gasteiger partial charge in [-0.3, -0.25) is 0 Å². The van der Waals surface area contributed by atoms with Crippen molar-refractivity contribution in [3.8, 4) is 5.88 Å². The molecule has 2 heterocycles. The molecule has 1 aliphatic rings. The second kappa shape index (κ2) is 5.16. The zero-order valence-corrected chi connectivity index (χ0v) is 9.77. The molecule has 4 nitrogen and oxygen atoms in total. The van der Waals surface area contributed by atoms with Gasteiger partial charge in [-0.1, -0.05) is 6.07 Å². The third-order valence-corrected chi connectivity index (χ3v) is 3.01. The number of pyridine rings is 1. The molecular weight excluding hydrogens is 204 g/mol. The summed E-state index contributed by atoms with van der Waals surface area (Å²) in [7, 11) is 1.62. The first-order valence-corrected chi connectivity index (χ1v) is 5.66. The molecule has 16 heavy (non-hydrogen) atoms. The number of nitrogens with zero attached hydrogens (tertiary/aromatic N) is 1. The van der Waals surface area contributed by atoms with Crippen molar-refractivity contribution < 1.29 is 9.47 Å². The molecule has 0 aliphatic carbocycles. The highest BCUT2D eigenvalue weighted by molar-refractivity contribution is 5.37. The van der Waals surface area contributed by atoms with E-state index in [0.717, 1.165) is 25.4 Å². The Kier molecular flexibility index (Phi) is 3.62. The third kappa shape index (κ3) is 2.64. The van der Waals surface area contributed by atoms with Crippen LogP contribution in [0.2, 0.25) is 0 Å². The summed E-state index contributed by atoms with van der Waals surface area (Å²) in [4.78, 5) is 4.30. The maximum absolute atomic E-state index is 5.51. The highest BCUT2D eigenvalue weighted by Crippen LogP contribution is 2.21. The summed E-state index contributed by atoms with van der Waals surface area (Å²) < 4.78 is 10.6. The first kappa shape index (κ1) is 11.2. The van der Waals surface area contributed by atoms with Crippen molar-refractivity contribution in [3.63, 3.8) is 0 Å². The number of hydrogen-bond acceptors (Lipinski definition) is 4. The fraction of sp³-hybridized carbons (Fsp3) is 0.583. The van der Waals surface area contributed by atoms with Gasteiger partial charge in [0.15, 0.2) is 0 Å². The van der Waals surface area contributed by atoms with Gasteiger partial charge in [0.25, 0.3) is 0 Å². The van der Waals surface area contributed by atoms with Gasteiger partial charge in [-0.15, -0.1) is 0 Å². The molecule has 0 aromatic carbocycles. The van der Waals surface area contributed by atoms with Crippen LogP contribution < -0.4 is 10.1 Å².